The number of carbonyl (C=O) groups is 3. The predicted octanol–water partition coefficient (Wildman–Crippen LogP) is 0.946. The normalized spacial score (nSPS) is 23.4. The molecule has 1 aromatic carbocycles. The lowest BCUT2D eigenvalue weighted by molar-refractivity contribution is -0.191. The average Bonchev–Trinajstić information content (AvgIpc) is 2.69. The van der Waals surface area contributed by atoms with Crippen LogP contribution in [0.1, 0.15) is 32.3 Å². The highest BCUT2D eigenvalue weighted by atomic mass is 16.2. The molecular formula is C21H28N6O3. The fourth-order valence-electron chi connectivity index (χ4n) is 4.37. The number of nitrogens with zero attached hydrogens (tertiary/aromatic N) is 5. The molecule has 2 aliphatic heterocycles. The second-order valence-corrected chi connectivity index (χ2v) is 8.19. The second-order valence-electron chi connectivity index (χ2n) is 8.19. The first-order chi connectivity index (χ1) is 14.3. The minimum absolute atomic E-state index is 0.0750. The Hall–Kier alpha value is -3.12. The lowest BCUT2D eigenvalue weighted by Crippen LogP contribution is -2.77. The lowest BCUT2D eigenvalue weighted by atomic mass is 9.94. The number of amides is 4. The molecule has 0 spiro atoms. The molecule has 0 aliphatic carbocycles. The summed E-state index contributed by atoms with van der Waals surface area (Å²) in [6, 6.07) is 10.4. The number of benzene rings is 1. The molecular weight excluding hydrogens is 384 g/mol. The van der Waals surface area contributed by atoms with Crippen LogP contribution in [0, 0.1) is 17.2 Å². The van der Waals surface area contributed by atoms with Crippen LogP contribution in [-0.2, 0) is 9.59 Å². The number of primary amides is 1. The van der Waals surface area contributed by atoms with E-state index in [0.717, 1.165) is 5.56 Å². The van der Waals surface area contributed by atoms with Gasteiger partial charge in [0.25, 0.3) is 0 Å². The Balaban J connectivity index is 1.94. The molecule has 0 saturated carbocycles. The minimum Gasteiger partial charge on any atom is -0.350 e. The molecule has 2 saturated heterocycles. The van der Waals surface area contributed by atoms with Crippen LogP contribution in [0.3, 0.4) is 0 Å². The van der Waals surface area contributed by atoms with E-state index in [-0.39, 0.29) is 43.3 Å². The number of rotatable bonds is 5. The molecule has 0 bridgehead atoms. The van der Waals surface area contributed by atoms with Crippen molar-refractivity contribution in [3.05, 3.63) is 35.9 Å². The molecule has 2 heterocycles. The second kappa shape index (κ2) is 8.71. The SMILES string of the molecule is CC(CN1CC2N(C(=O)CN(CC#N)N2C(N)=O)[C@@H](C(C)C)C1=O)c1ccccc1. The van der Waals surface area contributed by atoms with E-state index in [0.29, 0.717) is 6.54 Å². The van der Waals surface area contributed by atoms with E-state index in [2.05, 4.69) is 0 Å². The third kappa shape index (κ3) is 3.96. The van der Waals surface area contributed by atoms with Gasteiger partial charge in [-0.05, 0) is 17.4 Å². The topological polar surface area (TPSA) is 114 Å². The zero-order chi connectivity index (χ0) is 22.0. The molecule has 3 atom stereocenters. The molecule has 2 fully saturated rings. The Labute approximate surface area is 176 Å². The molecule has 160 valence electrons. The summed E-state index contributed by atoms with van der Waals surface area (Å²) in [7, 11) is 0. The van der Waals surface area contributed by atoms with Crippen molar-refractivity contribution >= 4 is 17.8 Å². The van der Waals surface area contributed by atoms with Crippen molar-refractivity contribution in [2.45, 2.75) is 38.9 Å². The molecule has 2 aliphatic rings. The van der Waals surface area contributed by atoms with Gasteiger partial charge in [-0.25, -0.2) is 9.80 Å². The molecule has 0 aromatic heterocycles. The number of urea groups is 1. The van der Waals surface area contributed by atoms with Crippen molar-refractivity contribution in [3.8, 4) is 6.07 Å². The summed E-state index contributed by atoms with van der Waals surface area (Å²) in [6.45, 7) is 6.11. The Morgan fingerprint density at radius 1 is 1.23 bits per heavy atom. The zero-order valence-corrected chi connectivity index (χ0v) is 17.6. The van der Waals surface area contributed by atoms with Crippen LogP contribution in [0.5, 0.6) is 0 Å². The summed E-state index contributed by atoms with van der Waals surface area (Å²) >= 11 is 0. The van der Waals surface area contributed by atoms with Gasteiger partial charge < -0.3 is 15.5 Å². The van der Waals surface area contributed by atoms with Crippen LogP contribution in [0.15, 0.2) is 30.3 Å². The first kappa shape index (κ1) is 21.6. The maximum Gasteiger partial charge on any atom is 0.331 e. The molecule has 9 heteroatoms. The molecule has 9 nitrogen and oxygen atoms in total. The highest BCUT2D eigenvalue weighted by molar-refractivity contribution is 5.91. The largest absolute Gasteiger partial charge is 0.350 e. The van der Waals surface area contributed by atoms with Crippen LogP contribution < -0.4 is 5.73 Å². The Bertz CT molecular complexity index is 852. The van der Waals surface area contributed by atoms with E-state index in [1.54, 1.807) is 4.90 Å². The van der Waals surface area contributed by atoms with Gasteiger partial charge in [0, 0.05) is 6.54 Å². The number of nitrogens with two attached hydrogens (primary N) is 1. The van der Waals surface area contributed by atoms with Crippen LogP contribution in [0.4, 0.5) is 4.79 Å². The maximum absolute atomic E-state index is 13.3. The number of hydrazine groups is 1. The lowest BCUT2D eigenvalue weighted by Gasteiger charge is -2.55. The highest BCUT2D eigenvalue weighted by Crippen LogP contribution is 2.30. The Morgan fingerprint density at radius 2 is 1.90 bits per heavy atom. The summed E-state index contributed by atoms with van der Waals surface area (Å²) in [5.74, 6) is -0.479. The summed E-state index contributed by atoms with van der Waals surface area (Å²) in [4.78, 5) is 41.7. The summed E-state index contributed by atoms with van der Waals surface area (Å²) in [5.41, 5.74) is 6.73. The monoisotopic (exact) mass is 412 g/mol. The maximum atomic E-state index is 13.3. The smallest absolute Gasteiger partial charge is 0.331 e. The van der Waals surface area contributed by atoms with Crippen molar-refractivity contribution < 1.29 is 14.4 Å². The first-order valence-corrected chi connectivity index (χ1v) is 10.1. The van der Waals surface area contributed by atoms with Crippen LogP contribution in [0.2, 0.25) is 0 Å². The van der Waals surface area contributed by atoms with Gasteiger partial charge in [0.15, 0.2) is 0 Å². The van der Waals surface area contributed by atoms with Crippen molar-refractivity contribution in [3.63, 3.8) is 0 Å². The van der Waals surface area contributed by atoms with Gasteiger partial charge in [-0.3, -0.25) is 9.59 Å². The van der Waals surface area contributed by atoms with Crippen LogP contribution in [0.25, 0.3) is 0 Å². The molecule has 2 N–H and O–H groups in total. The van der Waals surface area contributed by atoms with Crippen LogP contribution >= 0.6 is 0 Å². The Kier molecular flexibility index (Phi) is 6.27. The minimum atomic E-state index is -0.749. The van der Waals surface area contributed by atoms with Gasteiger partial charge in [0.1, 0.15) is 18.8 Å². The third-order valence-electron chi connectivity index (χ3n) is 5.74. The molecule has 0 radical (unpaired) electrons. The molecule has 30 heavy (non-hydrogen) atoms. The number of carbonyl (C=O) groups excluding carboxylic acids is 3. The van der Waals surface area contributed by atoms with E-state index in [9.17, 15) is 14.4 Å². The summed E-state index contributed by atoms with van der Waals surface area (Å²) in [6.07, 6.45) is -0.731. The molecule has 4 amide bonds. The number of fused-ring (bicyclic) bond motifs is 1. The fourth-order valence-corrected chi connectivity index (χ4v) is 4.37. The number of piperazine rings is 1. The zero-order valence-electron chi connectivity index (χ0n) is 17.6. The van der Waals surface area contributed by atoms with E-state index in [1.807, 2.05) is 57.2 Å². The van der Waals surface area contributed by atoms with E-state index >= 15 is 0 Å². The van der Waals surface area contributed by atoms with Gasteiger partial charge in [-0.1, -0.05) is 51.1 Å². The van der Waals surface area contributed by atoms with Gasteiger partial charge in [-0.2, -0.15) is 10.3 Å². The third-order valence-corrected chi connectivity index (χ3v) is 5.74. The summed E-state index contributed by atoms with van der Waals surface area (Å²) < 4.78 is 0. The van der Waals surface area contributed by atoms with Crippen LogP contribution in [-0.4, -0.2) is 76.0 Å². The van der Waals surface area contributed by atoms with Crippen molar-refractivity contribution in [1.82, 2.24) is 19.8 Å². The van der Waals surface area contributed by atoms with Gasteiger partial charge >= 0.3 is 6.03 Å². The summed E-state index contributed by atoms with van der Waals surface area (Å²) in [5, 5.41) is 11.7. The van der Waals surface area contributed by atoms with Crippen molar-refractivity contribution in [1.29, 1.82) is 5.26 Å². The van der Waals surface area contributed by atoms with E-state index in [4.69, 9.17) is 11.0 Å². The molecule has 3 rings (SSSR count). The number of hydrogen-bond donors (Lipinski definition) is 1. The molecule has 1 aromatic rings. The van der Waals surface area contributed by atoms with E-state index in [1.165, 1.54) is 14.9 Å². The number of nitriles is 1. The standard InChI is InChI=1S/C21H28N6O3/c1-14(2)19-20(29)24(11-15(3)16-7-5-4-6-8-16)12-17-26(19)18(28)13-25(10-9-22)27(17)21(23)30/h4-8,14-15,17,19H,10-13H2,1-3H3,(H2,23,30)/t15?,17?,19-/m0/s1. The van der Waals surface area contributed by atoms with Gasteiger partial charge in [0.2, 0.25) is 11.8 Å². The quantitative estimate of drug-likeness (QED) is 0.723. The highest BCUT2D eigenvalue weighted by Gasteiger charge is 2.51. The van der Waals surface area contributed by atoms with Crippen molar-refractivity contribution in [2.75, 3.05) is 26.2 Å². The molecule has 2 unspecified atom stereocenters. The fraction of sp³-hybridized carbons (Fsp3) is 0.524. The van der Waals surface area contributed by atoms with Gasteiger partial charge in [0.05, 0.1) is 19.2 Å². The van der Waals surface area contributed by atoms with E-state index < -0.39 is 18.2 Å². The average molecular weight is 412 g/mol. The first-order valence-electron chi connectivity index (χ1n) is 10.1. The Morgan fingerprint density at radius 3 is 2.47 bits per heavy atom. The van der Waals surface area contributed by atoms with Crippen molar-refractivity contribution in [2.24, 2.45) is 11.7 Å². The predicted molar refractivity (Wildman–Crippen MR) is 109 cm³/mol. The van der Waals surface area contributed by atoms with Gasteiger partial charge in [-0.15, -0.1) is 0 Å². The number of hydrogen-bond acceptors (Lipinski definition) is 5.